The van der Waals surface area contributed by atoms with Gasteiger partial charge in [-0.1, -0.05) is 0 Å². The first-order valence-electron chi connectivity index (χ1n) is 4.19. The number of hydrogen-bond donors (Lipinski definition) is 2. The van der Waals surface area contributed by atoms with Crippen molar-refractivity contribution >= 4 is 6.34 Å². The molecule has 1 fully saturated rings. The molecule has 0 bridgehead atoms. The van der Waals surface area contributed by atoms with E-state index in [1.807, 2.05) is 6.34 Å². The van der Waals surface area contributed by atoms with Crippen molar-refractivity contribution in [1.29, 1.82) is 0 Å². The van der Waals surface area contributed by atoms with Crippen LogP contribution in [0.5, 0.6) is 0 Å². The highest BCUT2D eigenvalue weighted by Crippen LogP contribution is 2.10. The van der Waals surface area contributed by atoms with Gasteiger partial charge in [-0.15, -0.1) is 0 Å². The number of hydrogen-bond acceptors (Lipinski definition) is 4. The smallest absolute Gasteiger partial charge is 0.113 e. The highest BCUT2D eigenvalue weighted by Gasteiger charge is 2.19. The molecule has 4 nitrogen and oxygen atoms in total. The second-order valence-electron chi connectivity index (χ2n) is 3.06. The average Bonchev–Trinajstić information content (AvgIpc) is 2.58. The number of nitrogens with one attached hydrogen (secondary N) is 2. The van der Waals surface area contributed by atoms with Crippen LogP contribution in [-0.2, 0) is 0 Å². The molecule has 0 aromatic heterocycles. The minimum absolute atomic E-state index is 0.704. The van der Waals surface area contributed by atoms with Crippen LogP contribution in [0.1, 0.15) is 12.8 Å². The molecule has 0 saturated carbocycles. The predicted molar refractivity (Wildman–Crippen MR) is 44.2 cm³/mol. The SMILES string of the molecule is C1=NNCN1C1CCNCC1. The number of nitrogens with zero attached hydrogens (tertiary/aromatic N) is 2. The van der Waals surface area contributed by atoms with E-state index in [1.165, 1.54) is 12.8 Å². The molecule has 0 spiro atoms. The van der Waals surface area contributed by atoms with Gasteiger partial charge >= 0.3 is 0 Å². The molecule has 2 N–H and O–H groups in total. The molecular formula is C7H14N4. The van der Waals surface area contributed by atoms with Gasteiger partial charge < -0.3 is 10.2 Å². The van der Waals surface area contributed by atoms with E-state index in [9.17, 15) is 0 Å². The van der Waals surface area contributed by atoms with E-state index in [0.29, 0.717) is 6.04 Å². The van der Waals surface area contributed by atoms with Crippen LogP contribution in [0.2, 0.25) is 0 Å². The van der Waals surface area contributed by atoms with Crippen LogP contribution in [0.3, 0.4) is 0 Å². The van der Waals surface area contributed by atoms with Gasteiger partial charge in [-0.05, 0) is 25.9 Å². The summed E-state index contributed by atoms with van der Waals surface area (Å²) in [6, 6.07) is 0.704. The lowest BCUT2D eigenvalue weighted by molar-refractivity contribution is 0.263. The third kappa shape index (κ3) is 1.45. The summed E-state index contributed by atoms with van der Waals surface area (Å²) in [5.74, 6) is 0. The summed E-state index contributed by atoms with van der Waals surface area (Å²) in [5.41, 5.74) is 2.94. The lowest BCUT2D eigenvalue weighted by Gasteiger charge is -2.29. The van der Waals surface area contributed by atoms with Crippen molar-refractivity contribution in [3.63, 3.8) is 0 Å². The van der Waals surface area contributed by atoms with Crippen LogP contribution in [0, 0.1) is 0 Å². The van der Waals surface area contributed by atoms with Crippen LogP contribution < -0.4 is 10.7 Å². The zero-order valence-electron chi connectivity index (χ0n) is 6.58. The molecule has 0 aromatic carbocycles. The Labute approximate surface area is 66.6 Å². The molecule has 62 valence electrons. The Morgan fingerprint density at radius 1 is 1.36 bits per heavy atom. The molecule has 0 aromatic rings. The van der Waals surface area contributed by atoms with Crippen molar-refractivity contribution in [2.24, 2.45) is 5.10 Å². The van der Waals surface area contributed by atoms with Gasteiger partial charge in [0.05, 0.1) is 0 Å². The Hall–Kier alpha value is -0.770. The van der Waals surface area contributed by atoms with Gasteiger partial charge in [0.25, 0.3) is 0 Å². The summed E-state index contributed by atoms with van der Waals surface area (Å²) in [7, 11) is 0. The van der Waals surface area contributed by atoms with Gasteiger partial charge in [-0.25, -0.2) is 0 Å². The highest BCUT2D eigenvalue weighted by molar-refractivity contribution is 5.56. The van der Waals surface area contributed by atoms with E-state index in [1.54, 1.807) is 0 Å². The Morgan fingerprint density at radius 3 is 2.82 bits per heavy atom. The van der Waals surface area contributed by atoms with E-state index in [0.717, 1.165) is 19.8 Å². The Kier molecular flexibility index (Phi) is 1.94. The van der Waals surface area contributed by atoms with E-state index >= 15 is 0 Å². The number of rotatable bonds is 1. The molecule has 0 aliphatic carbocycles. The number of piperidine rings is 1. The monoisotopic (exact) mass is 154 g/mol. The summed E-state index contributed by atoms with van der Waals surface area (Å²) in [6.07, 6.45) is 4.40. The van der Waals surface area contributed by atoms with E-state index in [2.05, 4.69) is 20.7 Å². The lowest BCUT2D eigenvalue weighted by Crippen LogP contribution is -2.42. The fourth-order valence-corrected chi connectivity index (χ4v) is 1.64. The van der Waals surface area contributed by atoms with E-state index in [-0.39, 0.29) is 0 Å². The maximum atomic E-state index is 3.97. The van der Waals surface area contributed by atoms with Gasteiger partial charge in [0, 0.05) is 6.04 Å². The zero-order valence-corrected chi connectivity index (χ0v) is 6.58. The summed E-state index contributed by atoms with van der Waals surface area (Å²) < 4.78 is 0. The minimum Gasteiger partial charge on any atom is -0.339 e. The van der Waals surface area contributed by atoms with Crippen LogP contribution in [0.25, 0.3) is 0 Å². The van der Waals surface area contributed by atoms with Crippen LogP contribution in [0.4, 0.5) is 0 Å². The second-order valence-corrected chi connectivity index (χ2v) is 3.06. The average molecular weight is 154 g/mol. The molecule has 11 heavy (non-hydrogen) atoms. The quantitative estimate of drug-likeness (QED) is 0.537. The van der Waals surface area contributed by atoms with Gasteiger partial charge in [0.1, 0.15) is 13.0 Å². The standard InChI is InChI=1S/C7H14N4/c1-3-8-4-2-7(1)11-5-9-10-6-11/h5,7-8,10H,1-4,6H2. The normalized spacial score (nSPS) is 25.6. The zero-order chi connectivity index (χ0) is 7.52. The maximum Gasteiger partial charge on any atom is 0.113 e. The molecule has 4 heteroatoms. The van der Waals surface area contributed by atoms with Crippen LogP contribution >= 0.6 is 0 Å². The maximum absolute atomic E-state index is 3.97. The Morgan fingerprint density at radius 2 is 2.18 bits per heavy atom. The third-order valence-electron chi connectivity index (χ3n) is 2.33. The predicted octanol–water partition coefficient (Wildman–Crippen LogP) is -0.456. The number of hydrazone groups is 1. The summed E-state index contributed by atoms with van der Waals surface area (Å²) in [4.78, 5) is 2.28. The van der Waals surface area contributed by atoms with E-state index in [4.69, 9.17) is 0 Å². The van der Waals surface area contributed by atoms with Crippen molar-refractivity contribution in [3.8, 4) is 0 Å². The van der Waals surface area contributed by atoms with Crippen molar-refractivity contribution < 1.29 is 0 Å². The topological polar surface area (TPSA) is 39.7 Å². The molecule has 2 aliphatic heterocycles. The largest absolute Gasteiger partial charge is 0.339 e. The summed E-state index contributed by atoms with van der Waals surface area (Å²) in [5, 5.41) is 7.32. The van der Waals surface area contributed by atoms with Gasteiger partial charge in [0.15, 0.2) is 0 Å². The van der Waals surface area contributed by atoms with Crippen molar-refractivity contribution in [2.75, 3.05) is 19.8 Å². The first-order valence-corrected chi connectivity index (χ1v) is 4.19. The first kappa shape index (κ1) is 6.91. The highest BCUT2D eigenvalue weighted by atomic mass is 15.5. The molecule has 0 amide bonds. The van der Waals surface area contributed by atoms with Crippen LogP contribution in [-0.4, -0.2) is 37.0 Å². The molecule has 2 heterocycles. The lowest BCUT2D eigenvalue weighted by atomic mass is 10.1. The van der Waals surface area contributed by atoms with Crippen LogP contribution in [0.15, 0.2) is 5.10 Å². The summed E-state index contributed by atoms with van der Waals surface area (Å²) >= 11 is 0. The molecule has 0 radical (unpaired) electrons. The molecule has 0 atom stereocenters. The summed E-state index contributed by atoms with van der Waals surface area (Å²) in [6.45, 7) is 3.19. The van der Waals surface area contributed by atoms with Gasteiger partial charge in [0.2, 0.25) is 0 Å². The molecule has 2 aliphatic rings. The first-order chi connectivity index (χ1) is 5.47. The van der Waals surface area contributed by atoms with E-state index < -0.39 is 0 Å². The van der Waals surface area contributed by atoms with Gasteiger partial charge in [-0.2, -0.15) is 5.10 Å². The molecule has 1 saturated heterocycles. The van der Waals surface area contributed by atoms with Crippen molar-refractivity contribution in [1.82, 2.24) is 15.6 Å². The van der Waals surface area contributed by atoms with Gasteiger partial charge in [-0.3, -0.25) is 5.43 Å². The second kappa shape index (κ2) is 3.09. The molecule has 2 rings (SSSR count). The minimum atomic E-state index is 0.704. The Balaban J connectivity index is 1.87. The third-order valence-corrected chi connectivity index (χ3v) is 2.33. The fourth-order valence-electron chi connectivity index (χ4n) is 1.64. The van der Waals surface area contributed by atoms with Crippen molar-refractivity contribution in [3.05, 3.63) is 0 Å². The molecular weight excluding hydrogens is 140 g/mol. The fraction of sp³-hybridized carbons (Fsp3) is 0.857. The Bertz CT molecular complexity index is 151. The van der Waals surface area contributed by atoms with Crippen molar-refractivity contribution in [2.45, 2.75) is 18.9 Å². The molecule has 0 unspecified atom stereocenters.